The fourth-order valence-electron chi connectivity index (χ4n) is 4.42. The molecule has 2 aliphatic heterocycles. The maximum Gasteiger partial charge on any atom is 0.255 e. The molecule has 0 saturated heterocycles. The van der Waals surface area contributed by atoms with Crippen molar-refractivity contribution in [1.29, 1.82) is 0 Å². The van der Waals surface area contributed by atoms with Gasteiger partial charge >= 0.3 is 0 Å². The average Bonchev–Trinajstić information content (AvgIpc) is 3.33. The molecule has 0 fully saturated rings. The van der Waals surface area contributed by atoms with Gasteiger partial charge in [0.25, 0.3) is 5.91 Å². The number of hydrogen-bond donors (Lipinski definition) is 1. The largest absolute Gasteiger partial charge is 0.493 e. The van der Waals surface area contributed by atoms with Crippen molar-refractivity contribution in [3.05, 3.63) is 83.3 Å². The minimum atomic E-state index is -0.101. The Hall–Kier alpha value is -3.21. The summed E-state index contributed by atoms with van der Waals surface area (Å²) in [4.78, 5) is 15.4. The predicted octanol–water partition coefficient (Wildman–Crippen LogP) is 4.48. The number of fused-ring (bicyclic) bond motifs is 2. The lowest BCUT2D eigenvalue weighted by molar-refractivity contribution is 0.0922. The minimum absolute atomic E-state index is 0.0540. The summed E-state index contributed by atoms with van der Waals surface area (Å²) in [5.41, 5.74) is 4.20. The highest BCUT2D eigenvalue weighted by atomic mass is 16.5. The first-order valence-corrected chi connectivity index (χ1v) is 10.1. The molecular weight excluding hydrogens is 364 g/mol. The van der Waals surface area contributed by atoms with Crippen molar-refractivity contribution in [3.8, 4) is 5.75 Å². The molecular formula is C24H24N2O3. The number of benzene rings is 2. The molecule has 1 amide bonds. The molecule has 2 atom stereocenters. The average molecular weight is 388 g/mol. The lowest BCUT2D eigenvalue weighted by atomic mass is 10.00. The molecule has 0 bridgehead atoms. The third-order valence-corrected chi connectivity index (χ3v) is 5.92. The van der Waals surface area contributed by atoms with Crippen molar-refractivity contribution >= 4 is 11.6 Å². The van der Waals surface area contributed by atoms with Gasteiger partial charge in [0.1, 0.15) is 11.5 Å². The minimum Gasteiger partial charge on any atom is -0.493 e. The van der Waals surface area contributed by atoms with Crippen molar-refractivity contribution < 1.29 is 13.9 Å². The number of anilines is 1. The smallest absolute Gasteiger partial charge is 0.255 e. The first kappa shape index (κ1) is 17.9. The van der Waals surface area contributed by atoms with E-state index in [9.17, 15) is 4.79 Å². The second-order valence-electron chi connectivity index (χ2n) is 7.77. The van der Waals surface area contributed by atoms with Crippen LogP contribution in [0.4, 0.5) is 5.69 Å². The lowest BCUT2D eigenvalue weighted by Crippen LogP contribution is -2.33. The Morgan fingerprint density at radius 3 is 2.90 bits per heavy atom. The Labute approximate surface area is 170 Å². The van der Waals surface area contributed by atoms with Gasteiger partial charge in [-0.05, 0) is 37.1 Å². The van der Waals surface area contributed by atoms with Gasteiger partial charge in [0.2, 0.25) is 0 Å². The van der Waals surface area contributed by atoms with Gasteiger partial charge in [0.05, 0.1) is 31.0 Å². The number of furan rings is 1. The molecule has 148 valence electrons. The third kappa shape index (κ3) is 3.27. The molecule has 1 N–H and O–H groups in total. The van der Waals surface area contributed by atoms with E-state index < -0.39 is 0 Å². The van der Waals surface area contributed by atoms with Crippen LogP contribution in [0.3, 0.4) is 0 Å². The molecule has 2 unspecified atom stereocenters. The van der Waals surface area contributed by atoms with Crippen LogP contribution in [-0.4, -0.2) is 18.6 Å². The SMILES string of the molecule is CC1Cc2ccccc2N1Cc1occc1C(=O)NC1CCOc2ccccc21. The molecule has 0 radical (unpaired) electrons. The van der Waals surface area contributed by atoms with Gasteiger partial charge in [0.15, 0.2) is 0 Å². The fourth-order valence-corrected chi connectivity index (χ4v) is 4.42. The Morgan fingerprint density at radius 2 is 1.97 bits per heavy atom. The van der Waals surface area contributed by atoms with Gasteiger partial charge in [-0.1, -0.05) is 36.4 Å². The number of ether oxygens (including phenoxy) is 1. The highest BCUT2D eigenvalue weighted by molar-refractivity contribution is 5.95. The van der Waals surface area contributed by atoms with Crippen LogP contribution in [0.5, 0.6) is 5.75 Å². The van der Waals surface area contributed by atoms with Crippen LogP contribution in [0.1, 0.15) is 46.6 Å². The fraction of sp³-hybridized carbons (Fsp3) is 0.292. The van der Waals surface area contributed by atoms with Crippen LogP contribution in [-0.2, 0) is 13.0 Å². The van der Waals surface area contributed by atoms with Crippen molar-refractivity contribution in [2.75, 3.05) is 11.5 Å². The molecule has 3 aromatic rings. The maximum absolute atomic E-state index is 13.1. The van der Waals surface area contributed by atoms with Gasteiger partial charge in [-0.3, -0.25) is 4.79 Å². The van der Waals surface area contributed by atoms with E-state index in [4.69, 9.17) is 9.15 Å². The zero-order chi connectivity index (χ0) is 19.8. The van der Waals surface area contributed by atoms with E-state index >= 15 is 0 Å². The third-order valence-electron chi connectivity index (χ3n) is 5.92. The van der Waals surface area contributed by atoms with Gasteiger partial charge < -0.3 is 19.4 Å². The van der Waals surface area contributed by atoms with Crippen LogP contribution in [0.25, 0.3) is 0 Å². The van der Waals surface area contributed by atoms with Crippen molar-refractivity contribution in [2.24, 2.45) is 0 Å². The van der Waals surface area contributed by atoms with Crippen molar-refractivity contribution in [2.45, 2.75) is 38.4 Å². The number of hydrogen-bond acceptors (Lipinski definition) is 4. The first-order chi connectivity index (χ1) is 14.2. The summed E-state index contributed by atoms with van der Waals surface area (Å²) in [6.07, 6.45) is 3.37. The molecule has 29 heavy (non-hydrogen) atoms. The summed E-state index contributed by atoms with van der Waals surface area (Å²) in [5, 5.41) is 3.18. The molecule has 0 aliphatic carbocycles. The second-order valence-corrected chi connectivity index (χ2v) is 7.77. The molecule has 5 rings (SSSR count). The lowest BCUT2D eigenvalue weighted by Gasteiger charge is -2.27. The van der Waals surface area contributed by atoms with Gasteiger partial charge in [-0.15, -0.1) is 0 Å². The van der Waals surface area contributed by atoms with Crippen LogP contribution >= 0.6 is 0 Å². The molecule has 3 heterocycles. The molecule has 2 aliphatic rings. The predicted molar refractivity (Wildman–Crippen MR) is 111 cm³/mol. The second kappa shape index (κ2) is 7.32. The molecule has 2 aromatic carbocycles. The number of amides is 1. The van der Waals surface area contributed by atoms with Crippen LogP contribution in [0.15, 0.2) is 65.3 Å². The maximum atomic E-state index is 13.1. The molecule has 5 nitrogen and oxygen atoms in total. The number of carbonyl (C=O) groups excluding carboxylic acids is 1. The number of nitrogens with one attached hydrogen (secondary N) is 1. The van der Waals surface area contributed by atoms with E-state index in [1.54, 1.807) is 12.3 Å². The van der Waals surface area contributed by atoms with E-state index in [0.717, 1.165) is 24.2 Å². The number of nitrogens with zero attached hydrogens (tertiary/aromatic N) is 1. The van der Waals surface area contributed by atoms with Crippen molar-refractivity contribution in [1.82, 2.24) is 5.32 Å². The zero-order valence-corrected chi connectivity index (χ0v) is 16.4. The highest BCUT2D eigenvalue weighted by Crippen LogP contribution is 2.34. The van der Waals surface area contributed by atoms with Crippen LogP contribution < -0.4 is 15.0 Å². The van der Waals surface area contributed by atoms with Gasteiger partial charge in [-0.2, -0.15) is 0 Å². The van der Waals surface area contributed by atoms with E-state index in [0.29, 0.717) is 30.5 Å². The summed E-state index contributed by atoms with van der Waals surface area (Å²) >= 11 is 0. The van der Waals surface area contributed by atoms with Crippen molar-refractivity contribution in [3.63, 3.8) is 0 Å². The standard InChI is InChI=1S/C24H24N2O3/c1-16-14-17-6-2-4-8-21(17)26(16)15-23-19(10-12-29-23)24(27)25-20-11-13-28-22-9-5-3-7-18(20)22/h2-10,12,16,20H,11,13-15H2,1H3,(H,25,27). The van der Waals surface area contributed by atoms with E-state index in [1.807, 2.05) is 24.3 Å². The molecule has 0 saturated carbocycles. The number of carbonyl (C=O) groups is 1. The monoisotopic (exact) mass is 388 g/mol. The van der Waals surface area contributed by atoms with Crippen LogP contribution in [0, 0.1) is 0 Å². The number of rotatable bonds is 4. The normalized spacial score (nSPS) is 20.0. The summed E-state index contributed by atoms with van der Waals surface area (Å²) in [5.74, 6) is 1.45. The zero-order valence-electron chi connectivity index (χ0n) is 16.4. The van der Waals surface area contributed by atoms with E-state index in [-0.39, 0.29) is 11.9 Å². The Bertz CT molecular complexity index is 1040. The van der Waals surface area contributed by atoms with E-state index in [1.165, 1.54) is 11.3 Å². The molecule has 0 spiro atoms. The summed E-state index contributed by atoms with van der Waals surface area (Å²) in [6.45, 7) is 3.39. The summed E-state index contributed by atoms with van der Waals surface area (Å²) in [6, 6.07) is 18.4. The number of para-hydroxylation sites is 2. The van der Waals surface area contributed by atoms with E-state index in [2.05, 4.69) is 41.4 Å². The molecule has 1 aromatic heterocycles. The van der Waals surface area contributed by atoms with Gasteiger partial charge in [-0.25, -0.2) is 0 Å². The summed E-state index contributed by atoms with van der Waals surface area (Å²) < 4.78 is 11.4. The highest BCUT2D eigenvalue weighted by Gasteiger charge is 2.29. The van der Waals surface area contributed by atoms with Crippen LogP contribution in [0.2, 0.25) is 0 Å². The topological polar surface area (TPSA) is 54.7 Å². The first-order valence-electron chi connectivity index (χ1n) is 10.1. The summed E-state index contributed by atoms with van der Waals surface area (Å²) in [7, 11) is 0. The quantitative estimate of drug-likeness (QED) is 0.716. The Kier molecular flexibility index (Phi) is 4.51. The Balaban J connectivity index is 1.35. The van der Waals surface area contributed by atoms with Gasteiger partial charge in [0, 0.05) is 23.7 Å². The Morgan fingerprint density at radius 1 is 1.14 bits per heavy atom. The molecule has 5 heteroatoms.